The fraction of sp³-hybridized carbons (Fsp3) is 0.556. The zero-order valence-electron chi connectivity index (χ0n) is 22.5. The Hall–Kier alpha value is -1.52. The second-order valence-electron chi connectivity index (χ2n) is 5.95. The van der Waals surface area contributed by atoms with Crippen molar-refractivity contribution < 1.29 is 29.7 Å². The molecule has 2 bridgehead atoms. The first-order valence-electron chi connectivity index (χ1n) is 12.6. The predicted molar refractivity (Wildman–Crippen MR) is 82.5 cm³/mol. The van der Waals surface area contributed by atoms with Gasteiger partial charge in [-0.25, -0.2) is 0 Å². The maximum Gasteiger partial charge on any atom is 0.165 e. The van der Waals surface area contributed by atoms with Crippen LogP contribution >= 0.6 is 0 Å². The first-order valence-corrected chi connectivity index (χ1v) is 7.10. The Labute approximate surface area is 145 Å². The molecule has 116 valence electrons. The van der Waals surface area contributed by atoms with Crippen LogP contribution in [0.5, 0.6) is 11.5 Å². The van der Waals surface area contributed by atoms with Crippen molar-refractivity contribution in [1.29, 1.82) is 0 Å². The van der Waals surface area contributed by atoms with Crippen LogP contribution in [-0.2, 0) is 11.8 Å². The molecular weight excluding hydrogens is 278 g/mol. The molecule has 22 heavy (non-hydrogen) atoms. The van der Waals surface area contributed by atoms with Gasteiger partial charge in [0, 0.05) is 31.1 Å². The van der Waals surface area contributed by atoms with Gasteiger partial charge in [0.05, 0.1) is 13.9 Å². The summed E-state index contributed by atoms with van der Waals surface area (Å²) in [6, 6.07) is -0.105. The number of methoxy groups -OCH3 is 1. The molecule has 4 heteroatoms. The summed E-state index contributed by atoms with van der Waals surface area (Å²) in [4.78, 5) is 0.781. The van der Waals surface area contributed by atoms with Gasteiger partial charge >= 0.3 is 0 Å². The summed E-state index contributed by atoms with van der Waals surface area (Å²) in [5.41, 5.74) is -1.82. The number of rotatable bonds is 1. The number of hydrogen-bond acceptors (Lipinski definition) is 4. The molecule has 5 atom stereocenters. The van der Waals surface area contributed by atoms with Gasteiger partial charge < -0.3 is 19.5 Å². The zero-order chi connectivity index (χ0) is 24.6. The molecule has 0 radical (unpaired) electrons. The topological polar surface area (TPSA) is 41.9 Å². The maximum atomic E-state index is 10.9. The number of nitrogens with zero attached hydrogens (tertiary/aromatic N) is 1. The van der Waals surface area contributed by atoms with E-state index in [9.17, 15) is 6.48 Å². The summed E-state index contributed by atoms with van der Waals surface area (Å²) in [6.45, 7) is -3.18. The van der Waals surface area contributed by atoms with E-state index in [2.05, 4.69) is 0 Å². The van der Waals surface area contributed by atoms with Crippen molar-refractivity contribution in [1.82, 2.24) is 4.90 Å². The maximum absolute atomic E-state index is 10.9. The van der Waals surface area contributed by atoms with Crippen molar-refractivity contribution >= 4 is 0 Å². The van der Waals surface area contributed by atoms with Gasteiger partial charge in [0.1, 0.15) is 12.2 Å². The van der Waals surface area contributed by atoms with Gasteiger partial charge in [-0.1, -0.05) is 18.2 Å². The summed E-state index contributed by atoms with van der Waals surface area (Å²) in [7, 11) is -2.90. The molecule has 1 N–H and O–H groups in total. The number of benzene rings is 1. The Morgan fingerprint density at radius 3 is 3.36 bits per heavy atom. The average Bonchev–Trinajstić information content (AvgIpc) is 2.90. The highest BCUT2D eigenvalue weighted by atomic mass is 16.5. The summed E-state index contributed by atoms with van der Waals surface area (Å²) >= 11 is 0. The van der Waals surface area contributed by atoms with Crippen LogP contribution in [0.2, 0.25) is 0 Å². The van der Waals surface area contributed by atoms with Crippen LogP contribution in [-0.4, -0.2) is 48.7 Å². The molecule has 2 aliphatic heterocycles. The van der Waals surface area contributed by atoms with Crippen LogP contribution in [0.1, 0.15) is 32.6 Å². The van der Waals surface area contributed by atoms with Gasteiger partial charge in [0.25, 0.3) is 0 Å². The molecular formula is C18H21NO3. The third-order valence-corrected chi connectivity index (χ3v) is 5.07. The third-order valence-electron chi connectivity index (χ3n) is 5.07. The van der Waals surface area contributed by atoms with Crippen molar-refractivity contribution in [2.45, 2.75) is 36.4 Å². The molecule has 1 saturated heterocycles. The lowest BCUT2D eigenvalue weighted by Gasteiger charge is -2.56. The minimum atomic E-state index is -2.90. The Morgan fingerprint density at radius 2 is 2.50 bits per heavy atom. The van der Waals surface area contributed by atoms with Crippen molar-refractivity contribution in [3.8, 4) is 11.5 Å². The molecule has 1 aromatic rings. The van der Waals surface area contributed by atoms with E-state index < -0.39 is 49.9 Å². The van der Waals surface area contributed by atoms with Gasteiger partial charge in [-0.05, 0) is 37.9 Å². The molecule has 4 aliphatic rings. The number of piperidine rings is 1. The normalized spacial score (nSPS) is 61.9. The summed E-state index contributed by atoms with van der Waals surface area (Å²) in [6.07, 6.45) is -5.82. The van der Waals surface area contributed by atoms with Crippen LogP contribution < -0.4 is 9.47 Å². The van der Waals surface area contributed by atoms with Crippen LogP contribution in [0.15, 0.2) is 24.3 Å². The monoisotopic (exact) mass is 310 g/mol. The third kappa shape index (κ3) is 1.28. The Kier molecular flexibility index (Phi) is 1.14. The molecule has 2 aliphatic carbocycles. The van der Waals surface area contributed by atoms with Crippen molar-refractivity contribution in [3.05, 3.63) is 35.4 Å². The molecule has 1 aromatic carbocycles. The highest BCUT2D eigenvalue weighted by molar-refractivity contribution is 5.62. The van der Waals surface area contributed by atoms with E-state index in [1.54, 1.807) is 0 Å². The van der Waals surface area contributed by atoms with E-state index >= 15 is 0 Å². The average molecular weight is 310 g/mol. The first-order chi connectivity index (χ1) is 14.8. The lowest BCUT2D eigenvalue weighted by molar-refractivity contribution is -0.0453. The smallest absolute Gasteiger partial charge is 0.165 e. The van der Waals surface area contributed by atoms with Crippen LogP contribution in [0, 0.1) is 5.92 Å². The van der Waals surface area contributed by atoms with E-state index in [1.807, 2.05) is 0 Å². The standard InChI is InChI=1S/C18H21NO3/c1-19-8-7-18-11-4-5-13(20)17(18)22-16-14(21-2)6-3-10(15(16)18)9-12(11)19/h3-6,11-13,17,20H,7-9H2,1-2H3/t11-,12+,13?,17?,18-/m0/s1/i1D3,2D3,9D2,12D,13D,17D. The van der Waals surface area contributed by atoms with Crippen LogP contribution in [0.25, 0.3) is 0 Å². The summed E-state index contributed by atoms with van der Waals surface area (Å²) < 4.78 is 102. The summed E-state index contributed by atoms with van der Waals surface area (Å²) in [5.74, 6) is -1.91. The highest BCUT2D eigenvalue weighted by Gasteiger charge is 2.64. The molecule has 2 unspecified atom stereocenters. The molecule has 0 saturated carbocycles. The number of likely N-dealkylation sites (N-methyl/N-ethyl adjacent to an activating group) is 1. The largest absolute Gasteiger partial charge is 0.493 e. The van der Waals surface area contributed by atoms with Crippen molar-refractivity contribution in [2.24, 2.45) is 5.92 Å². The van der Waals surface area contributed by atoms with E-state index in [0.29, 0.717) is 0 Å². The second kappa shape index (κ2) is 4.06. The zero-order valence-corrected chi connectivity index (χ0v) is 11.5. The quantitative estimate of drug-likeness (QED) is 0.798. The molecule has 1 spiro atoms. The van der Waals surface area contributed by atoms with E-state index in [-0.39, 0.29) is 35.6 Å². The van der Waals surface area contributed by atoms with Crippen molar-refractivity contribution in [3.63, 3.8) is 0 Å². The predicted octanol–water partition coefficient (Wildman–Crippen LogP) is 1.50. The molecule has 2 heterocycles. The Balaban J connectivity index is 1.90. The highest BCUT2D eigenvalue weighted by Crippen LogP contribution is 2.62. The molecule has 1 fully saturated rings. The molecule has 0 aromatic heterocycles. The fourth-order valence-electron chi connectivity index (χ4n) is 4.18. The number of ether oxygens (including phenoxy) is 2. The Bertz CT molecular complexity index is 1080. The minimum absolute atomic E-state index is 0.0392. The molecule has 0 amide bonds. The summed E-state index contributed by atoms with van der Waals surface area (Å²) in [5, 5.41) is 10.9. The van der Waals surface area contributed by atoms with Crippen LogP contribution in [0.3, 0.4) is 0 Å². The lowest BCUT2D eigenvalue weighted by atomic mass is 9.53. The van der Waals surface area contributed by atoms with E-state index in [4.69, 9.17) is 23.2 Å². The molecule has 4 nitrogen and oxygen atoms in total. The van der Waals surface area contributed by atoms with Gasteiger partial charge in [-0.3, -0.25) is 0 Å². The fourth-order valence-corrected chi connectivity index (χ4v) is 4.18. The van der Waals surface area contributed by atoms with E-state index in [1.165, 1.54) is 12.1 Å². The van der Waals surface area contributed by atoms with Crippen molar-refractivity contribution in [2.75, 3.05) is 20.6 Å². The number of aliphatic hydroxyl groups is 1. The second-order valence-corrected chi connectivity index (χ2v) is 5.95. The Morgan fingerprint density at radius 1 is 1.55 bits per heavy atom. The number of likely N-dealkylation sites (tertiary alicyclic amines) is 1. The van der Waals surface area contributed by atoms with Crippen LogP contribution in [0.4, 0.5) is 0 Å². The van der Waals surface area contributed by atoms with Gasteiger partial charge in [0.2, 0.25) is 0 Å². The van der Waals surface area contributed by atoms with Gasteiger partial charge in [-0.15, -0.1) is 0 Å². The molecule has 5 rings (SSSR count). The lowest BCUT2D eigenvalue weighted by Crippen LogP contribution is -2.64. The van der Waals surface area contributed by atoms with Gasteiger partial charge in [0.15, 0.2) is 11.5 Å². The van der Waals surface area contributed by atoms with Gasteiger partial charge in [-0.2, -0.15) is 0 Å². The first kappa shape index (κ1) is 6.17. The SMILES string of the molecule is [2H]C([2H])([2H])Oc1ccc2c3c1OC1([2H])C([2H])(O)C=C[C@@H]4[C@@]31CCN(C([2H])([2H])[2H])[C@]4([2H])C2([2H])[2H]. The van der Waals surface area contributed by atoms with E-state index in [0.717, 1.165) is 17.0 Å². The minimum Gasteiger partial charge on any atom is -0.493 e. The number of hydrogen-bond donors (Lipinski definition) is 1.